The molecular formula is C13H22N2. The van der Waals surface area contributed by atoms with Crippen molar-refractivity contribution in [3.8, 4) is 0 Å². The second kappa shape index (κ2) is 6.46. The Morgan fingerprint density at radius 3 is 2.13 bits per heavy atom. The van der Waals surface area contributed by atoms with Crippen molar-refractivity contribution >= 4 is 5.69 Å². The molecule has 0 aromatic heterocycles. The van der Waals surface area contributed by atoms with E-state index < -0.39 is 0 Å². The summed E-state index contributed by atoms with van der Waals surface area (Å²) in [6.45, 7) is 5.37. The van der Waals surface area contributed by atoms with E-state index >= 15 is 0 Å². The van der Waals surface area contributed by atoms with Crippen LogP contribution in [0.5, 0.6) is 0 Å². The molecule has 0 saturated carbocycles. The minimum absolute atomic E-state index is 0.597. The Balaban J connectivity index is 2.55. The Hall–Kier alpha value is -1.02. The average Bonchev–Trinajstić information content (AvgIpc) is 2.28. The molecule has 1 rings (SSSR count). The molecule has 0 aliphatic carbocycles. The lowest BCUT2D eigenvalue weighted by Gasteiger charge is -2.16. The van der Waals surface area contributed by atoms with Gasteiger partial charge in [0.1, 0.15) is 0 Å². The minimum Gasteiger partial charge on any atom is -0.382 e. The number of hydrogen-bond donors (Lipinski definition) is 2. The van der Waals surface area contributed by atoms with Crippen LogP contribution >= 0.6 is 0 Å². The fraction of sp³-hybridized carbons (Fsp3) is 0.538. The molecule has 0 atom stereocenters. The molecule has 15 heavy (non-hydrogen) atoms. The number of nitrogens with one attached hydrogen (secondary N) is 2. The van der Waals surface area contributed by atoms with Crippen molar-refractivity contribution in [3.63, 3.8) is 0 Å². The first kappa shape index (κ1) is 12.1. The summed E-state index contributed by atoms with van der Waals surface area (Å²) < 4.78 is 0. The predicted molar refractivity (Wildman–Crippen MR) is 67.2 cm³/mol. The Morgan fingerprint density at radius 2 is 1.67 bits per heavy atom. The van der Waals surface area contributed by atoms with Crippen molar-refractivity contribution in [2.75, 3.05) is 12.4 Å². The maximum absolute atomic E-state index is 3.53. The van der Waals surface area contributed by atoms with Gasteiger partial charge in [0, 0.05) is 18.3 Å². The van der Waals surface area contributed by atoms with Crippen LogP contribution in [0.1, 0.15) is 32.3 Å². The average molecular weight is 206 g/mol. The van der Waals surface area contributed by atoms with E-state index in [9.17, 15) is 0 Å². The molecule has 84 valence electrons. The summed E-state index contributed by atoms with van der Waals surface area (Å²) in [5, 5.41) is 6.67. The van der Waals surface area contributed by atoms with Gasteiger partial charge in [-0.3, -0.25) is 0 Å². The van der Waals surface area contributed by atoms with Gasteiger partial charge in [0.15, 0.2) is 0 Å². The van der Waals surface area contributed by atoms with Crippen LogP contribution in [-0.4, -0.2) is 13.1 Å². The van der Waals surface area contributed by atoms with E-state index in [0.717, 1.165) is 6.54 Å². The van der Waals surface area contributed by atoms with E-state index in [-0.39, 0.29) is 0 Å². The quantitative estimate of drug-likeness (QED) is 0.747. The fourth-order valence-corrected chi connectivity index (χ4v) is 1.65. The summed E-state index contributed by atoms with van der Waals surface area (Å²) in [5.41, 5.74) is 2.55. The topological polar surface area (TPSA) is 24.1 Å². The molecule has 0 radical (unpaired) electrons. The van der Waals surface area contributed by atoms with Gasteiger partial charge in [0.25, 0.3) is 0 Å². The normalized spacial score (nSPS) is 10.7. The monoisotopic (exact) mass is 206 g/mol. The molecule has 0 heterocycles. The Labute approximate surface area is 93.1 Å². The van der Waals surface area contributed by atoms with E-state index in [1.165, 1.54) is 24.1 Å². The smallest absolute Gasteiger partial charge is 0.0342 e. The molecule has 0 aliphatic heterocycles. The fourth-order valence-electron chi connectivity index (χ4n) is 1.65. The zero-order valence-corrected chi connectivity index (χ0v) is 10.0. The zero-order valence-electron chi connectivity index (χ0n) is 10.0. The second-order valence-corrected chi connectivity index (χ2v) is 3.89. The maximum Gasteiger partial charge on any atom is 0.0342 e. The molecular weight excluding hydrogens is 184 g/mol. The molecule has 0 saturated heterocycles. The van der Waals surface area contributed by atoms with Crippen molar-refractivity contribution in [2.45, 2.75) is 39.3 Å². The summed E-state index contributed by atoms with van der Waals surface area (Å²) in [6, 6.07) is 9.25. The lowest BCUT2D eigenvalue weighted by Crippen LogP contribution is -2.16. The van der Waals surface area contributed by atoms with E-state index in [2.05, 4.69) is 48.7 Å². The van der Waals surface area contributed by atoms with Crippen LogP contribution in [-0.2, 0) is 6.54 Å². The highest BCUT2D eigenvalue weighted by molar-refractivity contribution is 5.45. The van der Waals surface area contributed by atoms with Gasteiger partial charge in [0.2, 0.25) is 0 Å². The van der Waals surface area contributed by atoms with Crippen molar-refractivity contribution in [1.82, 2.24) is 5.32 Å². The van der Waals surface area contributed by atoms with Gasteiger partial charge in [-0.1, -0.05) is 26.0 Å². The van der Waals surface area contributed by atoms with Gasteiger partial charge < -0.3 is 10.6 Å². The van der Waals surface area contributed by atoms with Crippen LogP contribution in [0.2, 0.25) is 0 Å². The molecule has 1 aromatic carbocycles. The molecule has 2 heteroatoms. The van der Waals surface area contributed by atoms with E-state index in [1.54, 1.807) is 0 Å². The third-order valence-electron chi connectivity index (χ3n) is 2.69. The molecule has 0 fully saturated rings. The Bertz CT molecular complexity index is 262. The number of hydrogen-bond acceptors (Lipinski definition) is 2. The first-order valence-corrected chi connectivity index (χ1v) is 5.80. The number of rotatable bonds is 6. The van der Waals surface area contributed by atoms with Gasteiger partial charge in [0.05, 0.1) is 0 Å². The minimum atomic E-state index is 0.597. The highest BCUT2D eigenvalue weighted by atomic mass is 14.9. The van der Waals surface area contributed by atoms with Crippen LogP contribution in [0.25, 0.3) is 0 Å². The predicted octanol–water partition coefficient (Wildman–Crippen LogP) is 3.01. The maximum atomic E-state index is 3.53. The van der Waals surface area contributed by atoms with Crippen LogP contribution < -0.4 is 10.6 Å². The summed E-state index contributed by atoms with van der Waals surface area (Å²) >= 11 is 0. The van der Waals surface area contributed by atoms with Crippen LogP contribution in [0, 0.1) is 0 Å². The molecule has 2 N–H and O–H groups in total. The van der Waals surface area contributed by atoms with Crippen molar-refractivity contribution in [2.24, 2.45) is 0 Å². The summed E-state index contributed by atoms with van der Waals surface area (Å²) in [5.74, 6) is 0. The highest BCUT2D eigenvalue weighted by Gasteiger charge is 2.02. The largest absolute Gasteiger partial charge is 0.382 e. The molecule has 2 nitrogen and oxygen atoms in total. The molecule has 0 unspecified atom stereocenters. The Kier molecular flexibility index (Phi) is 5.19. The van der Waals surface area contributed by atoms with Crippen LogP contribution in [0.15, 0.2) is 24.3 Å². The molecule has 1 aromatic rings. The van der Waals surface area contributed by atoms with E-state index in [1.807, 2.05) is 7.05 Å². The van der Waals surface area contributed by atoms with Gasteiger partial charge in [-0.25, -0.2) is 0 Å². The van der Waals surface area contributed by atoms with Gasteiger partial charge in [-0.15, -0.1) is 0 Å². The molecule has 0 amide bonds. The highest BCUT2D eigenvalue weighted by Crippen LogP contribution is 2.13. The van der Waals surface area contributed by atoms with Crippen LogP contribution in [0.4, 0.5) is 5.69 Å². The van der Waals surface area contributed by atoms with Crippen molar-refractivity contribution in [3.05, 3.63) is 29.8 Å². The third kappa shape index (κ3) is 3.92. The summed E-state index contributed by atoms with van der Waals surface area (Å²) in [4.78, 5) is 0. The van der Waals surface area contributed by atoms with Gasteiger partial charge >= 0.3 is 0 Å². The molecule has 0 aliphatic rings. The molecule has 0 bridgehead atoms. The second-order valence-electron chi connectivity index (χ2n) is 3.89. The lowest BCUT2D eigenvalue weighted by atomic mass is 10.1. The summed E-state index contributed by atoms with van der Waals surface area (Å²) in [6.07, 6.45) is 2.35. The Morgan fingerprint density at radius 1 is 1.07 bits per heavy atom. The van der Waals surface area contributed by atoms with Gasteiger partial charge in [-0.2, -0.15) is 0 Å². The van der Waals surface area contributed by atoms with Gasteiger partial charge in [-0.05, 0) is 37.6 Å². The number of anilines is 1. The first-order valence-electron chi connectivity index (χ1n) is 5.80. The summed E-state index contributed by atoms with van der Waals surface area (Å²) in [7, 11) is 1.97. The third-order valence-corrected chi connectivity index (χ3v) is 2.69. The lowest BCUT2D eigenvalue weighted by molar-refractivity contribution is 0.671. The van der Waals surface area contributed by atoms with E-state index in [4.69, 9.17) is 0 Å². The number of benzene rings is 1. The van der Waals surface area contributed by atoms with E-state index in [0.29, 0.717) is 6.04 Å². The molecule has 0 spiro atoms. The van der Waals surface area contributed by atoms with Crippen molar-refractivity contribution in [1.29, 1.82) is 0 Å². The standard InChI is InChI=1S/C13H22N2/c1-4-12(5-2)15-13-8-6-11(7-9-13)10-14-3/h6-9,12,14-15H,4-5,10H2,1-3H3. The van der Waals surface area contributed by atoms with Crippen LogP contribution in [0.3, 0.4) is 0 Å². The first-order chi connectivity index (χ1) is 7.30. The SMILES string of the molecule is CCC(CC)Nc1ccc(CNC)cc1. The zero-order chi connectivity index (χ0) is 11.1. The van der Waals surface area contributed by atoms with Crippen molar-refractivity contribution < 1.29 is 0 Å².